The highest BCUT2D eigenvalue weighted by atomic mass is 32.2. The zero-order chi connectivity index (χ0) is 25.4. The Hall–Kier alpha value is -3.36. The van der Waals surface area contributed by atoms with Crippen LogP contribution in [0.15, 0.2) is 60.7 Å². The van der Waals surface area contributed by atoms with E-state index in [1.165, 1.54) is 0 Å². The summed E-state index contributed by atoms with van der Waals surface area (Å²) < 4.78 is 35.4. The lowest BCUT2D eigenvalue weighted by Crippen LogP contribution is -2.24. The van der Waals surface area contributed by atoms with Crippen molar-refractivity contribution in [2.75, 3.05) is 7.11 Å². The molecular formula is C27H29NO6S. The van der Waals surface area contributed by atoms with Crippen molar-refractivity contribution in [3.05, 3.63) is 82.9 Å². The first-order valence-corrected chi connectivity index (χ1v) is 13.0. The third kappa shape index (κ3) is 5.33. The molecule has 3 N–H and O–H groups in total. The van der Waals surface area contributed by atoms with Crippen molar-refractivity contribution in [3.63, 3.8) is 0 Å². The van der Waals surface area contributed by atoms with E-state index in [2.05, 4.69) is 0 Å². The SMILES string of the molecule is COc1cccc2c1-c1ccc(CS(N)(=O)=O)cc1C(c1ccc(CCC(C)(C)C(=O)O)cc1)O2. The van der Waals surface area contributed by atoms with Gasteiger partial charge in [-0.2, -0.15) is 0 Å². The number of methoxy groups -OCH3 is 1. The Morgan fingerprint density at radius 1 is 1.09 bits per heavy atom. The number of benzene rings is 3. The number of hydrogen-bond donors (Lipinski definition) is 2. The van der Waals surface area contributed by atoms with Gasteiger partial charge in [0, 0.05) is 5.56 Å². The number of sulfonamides is 1. The van der Waals surface area contributed by atoms with Gasteiger partial charge in [-0.3, -0.25) is 4.79 Å². The van der Waals surface area contributed by atoms with Crippen LogP contribution in [0.4, 0.5) is 0 Å². The first-order chi connectivity index (χ1) is 16.5. The maximum Gasteiger partial charge on any atom is 0.309 e. The summed E-state index contributed by atoms with van der Waals surface area (Å²) >= 11 is 0. The van der Waals surface area contributed by atoms with Crippen molar-refractivity contribution < 1.29 is 27.8 Å². The van der Waals surface area contributed by atoms with Gasteiger partial charge in [-0.05, 0) is 61.1 Å². The number of carboxylic acid groups (broad SMARTS) is 1. The van der Waals surface area contributed by atoms with E-state index in [9.17, 15) is 18.3 Å². The van der Waals surface area contributed by atoms with Gasteiger partial charge in [0.05, 0.1) is 23.8 Å². The summed E-state index contributed by atoms with van der Waals surface area (Å²) in [5, 5.41) is 14.7. The Morgan fingerprint density at radius 3 is 2.40 bits per heavy atom. The number of carbonyl (C=O) groups is 1. The lowest BCUT2D eigenvalue weighted by molar-refractivity contribution is -0.147. The molecule has 1 atom stereocenters. The number of ether oxygens (including phenoxy) is 2. The highest BCUT2D eigenvalue weighted by molar-refractivity contribution is 7.88. The van der Waals surface area contributed by atoms with Gasteiger partial charge < -0.3 is 14.6 Å². The summed E-state index contributed by atoms with van der Waals surface area (Å²) in [4.78, 5) is 11.4. The van der Waals surface area contributed by atoms with Gasteiger partial charge >= 0.3 is 5.97 Å². The van der Waals surface area contributed by atoms with Crippen LogP contribution in [-0.2, 0) is 27.0 Å². The lowest BCUT2D eigenvalue weighted by atomic mass is 9.85. The molecule has 4 rings (SSSR count). The molecule has 0 aliphatic carbocycles. The third-order valence-corrected chi connectivity index (χ3v) is 7.12. The molecule has 0 radical (unpaired) electrons. The van der Waals surface area contributed by atoms with E-state index < -0.39 is 27.5 Å². The number of hydrogen-bond acceptors (Lipinski definition) is 5. The number of fused-ring (bicyclic) bond motifs is 3. The highest BCUT2D eigenvalue weighted by Crippen LogP contribution is 2.49. The number of aryl methyl sites for hydroxylation is 1. The van der Waals surface area contributed by atoms with Crippen molar-refractivity contribution >= 4 is 16.0 Å². The molecule has 0 saturated carbocycles. The van der Waals surface area contributed by atoms with E-state index in [4.69, 9.17) is 14.6 Å². The van der Waals surface area contributed by atoms with E-state index >= 15 is 0 Å². The molecule has 8 heteroatoms. The predicted molar refractivity (Wildman–Crippen MR) is 134 cm³/mol. The molecule has 0 aromatic heterocycles. The molecule has 3 aromatic rings. The van der Waals surface area contributed by atoms with Crippen molar-refractivity contribution in [1.82, 2.24) is 0 Å². The van der Waals surface area contributed by atoms with Gasteiger partial charge in [0.25, 0.3) is 0 Å². The Bertz CT molecular complexity index is 1360. The molecule has 1 unspecified atom stereocenters. The molecule has 0 bridgehead atoms. The van der Waals surface area contributed by atoms with Crippen molar-refractivity contribution in [2.24, 2.45) is 10.6 Å². The minimum atomic E-state index is -3.70. The van der Waals surface area contributed by atoms with Gasteiger partial charge in [-0.1, -0.05) is 48.5 Å². The molecule has 3 aromatic carbocycles. The first-order valence-electron chi connectivity index (χ1n) is 11.3. The summed E-state index contributed by atoms with van der Waals surface area (Å²) in [6.07, 6.45) is 0.698. The molecule has 0 saturated heterocycles. The van der Waals surface area contributed by atoms with E-state index in [1.807, 2.05) is 54.6 Å². The van der Waals surface area contributed by atoms with Crippen LogP contribution in [0.25, 0.3) is 11.1 Å². The monoisotopic (exact) mass is 495 g/mol. The minimum Gasteiger partial charge on any atom is -0.496 e. The van der Waals surface area contributed by atoms with Crippen molar-refractivity contribution in [3.8, 4) is 22.6 Å². The first kappa shape index (κ1) is 24.8. The second-order valence-corrected chi connectivity index (χ2v) is 11.1. The maximum absolute atomic E-state index is 11.7. The Labute approximate surface area is 205 Å². The fourth-order valence-electron chi connectivity index (χ4n) is 4.28. The molecule has 184 valence electrons. The summed E-state index contributed by atoms with van der Waals surface area (Å²) in [6, 6.07) is 19.0. The van der Waals surface area contributed by atoms with Crippen LogP contribution in [0, 0.1) is 5.41 Å². The molecule has 0 amide bonds. The molecule has 0 fully saturated rings. The number of carboxylic acids is 1. The second-order valence-electron chi connectivity index (χ2n) is 9.49. The van der Waals surface area contributed by atoms with Crippen LogP contribution in [0.3, 0.4) is 0 Å². The van der Waals surface area contributed by atoms with Gasteiger partial charge in [-0.25, -0.2) is 13.6 Å². The third-order valence-electron chi connectivity index (χ3n) is 6.39. The summed E-state index contributed by atoms with van der Waals surface area (Å²) in [5.74, 6) is 0.251. The van der Waals surface area contributed by atoms with Crippen LogP contribution in [0.2, 0.25) is 0 Å². The van der Waals surface area contributed by atoms with Gasteiger partial charge in [0.2, 0.25) is 10.0 Å². The minimum absolute atomic E-state index is 0.274. The normalized spacial score (nSPS) is 15.0. The number of rotatable bonds is 8. The molecule has 0 spiro atoms. The predicted octanol–water partition coefficient (Wildman–Crippen LogP) is 4.68. The fourth-order valence-corrected chi connectivity index (χ4v) is 4.93. The highest BCUT2D eigenvalue weighted by Gasteiger charge is 2.30. The fraction of sp³-hybridized carbons (Fsp3) is 0.296. The lowest BCUT2D eigenvalue weighted by Gasteiger charge is -2.30. The maximum atomic E-state index is 11.7. The van der Waals surface area contributed by atoms with E-state index in [1.54, 1.807) is 27.0 Å². The quantitative estimate of drug-likeness (QED) is 0.469. The average Bonchev–Trinajstić information content (AvgIpc) is 2.81. The summed E-state index contributed by atoms with van der Waals surface area (Å²) in [5.41, 5.74) is 4.24. The number of nitrogens with two attached hydrogens (primary N) is 1. The summed E-state index contributed by atoms with van der Waals surface area (Å²) in [6.45, 7) is 3.45. The van der Waals surface area contributed by atoms with Crippen molar-refractivity contribution in [1.29, 1.82) is 0 Å². The smallest absolute Gasteiger partial charge is 0.309 e. The molecule has 1 heterocycles. The molecule has 1 aliphatic rings. The zero-order valence-corrected chi connectivity index (χ0v) is 20.8. The van der Waals surface area contributed by atoms with Crippen LogP contribution < -0.4 is 14.6 Å². The van der Waals surface area contributed by atoms with E-state index in [-0.39, 0.29) is 5.75 Å². The Balaban J connectivity index is 1.72. The largest absolute Gasteiger partial charge is 0.496 e. The molecule has 1 aliphatic heterocycles. The molecule has 7 nitrogen and oxygen atoms in total. The van der Waals surface area contributed by atoms with Crippen LogP contribution in [-0.4, -0.2) is 26.6 Å². The Kier molecular flexibility index (Phi) is 6.62. The zero-order valence-electron chi connectivity index (χ0n) is 19.9. The van der Waals surface area contributed by atoms with Gasteiger partial charge in [-0.15, -0.1) is 0 Å². The number of primary sulfonamides is 1. The van der Waals surface area contributed by atoms with Crippen molar-refractivity contribution in [2.45, 2.75) is 38.5 Å². The summed E-state index contributed by atoms with van der Waals surface area (Å²) in [7, 11) is -2.10. The van der Waals surface area contributed by atoms with Crippen LogP contribution in [0.1, 0.15) is 48.6 Å². The standard InChI is InChI=1S/C27H29NO6S/c1-27(2,26(29)30)14-13-17-7-10-19(11-8-17)25-21-15-18(16-35(28,31)32)9-12-20(21)24-22(33-3)5-4-6-23(24)34-25/h4-12,15,25H,13-14,16H2,1-3H3,(H,29,30)(H2,28,31,32). The topological polar surface area (TPSA) is 116 Å². The van der Waals surface area contributed by atoms with Crippen LogP contribution in [0.5, 0.6) is 11.5 Å². The van der Waals surface area contributed by atoms with E-state index in [0.717, 1.165) is 27.8 Å². The Morgan fingerprint density at radius 2 is 1.77 bits per heavy atom. The molecule has 35 heavy (non-hydrogen) atoms. The second kappa shape index (κ2) is 9.36. The van der Waals surface area contributed by atoms with Gasteiger partial charge in [0.15, 0.2) is 0 Å². The average molecular weight is 496 g/mol. The van der Waals surface area contributed by atoms with Crippen LogP contribution >= 0.6 is 0 Å². The van der Waals surface area contributed by atoms with E-state index in [0.29, 0.717) is 29.9 Å². The van der Waals surface area contributed by atoms with Gasteiger partial charge in [0.1, 0.15) is 17.6 Å². The molecular weight excluding hydrogens is 466 g/mol. The number of aliphatic carboxylic acids is 1.